The van der Waals surface area contributed by atoms with Crippen molar-refractivity contribution in [1.82, 2.24) is 4.98 Å². The second-order valence-corrected chi connectivity index (χ2v) is 12.1. The lowest BCUT2D eigenvalue weighted by molar-refractivity contribution is 0.496. The van der Waals surface area contributed by atoms with Gasteiger partial charge in [0.1, 0.15) is 17.1 Å². The van der Waals surface area contributed by atoms with Gasteiger partial charge in [-0.3, -0.25) is 0 Å². The first-order chi connectivity index (χ1) is 18.1. The molecule has 3 heteroatoms. The topological polar surface area (TPSA) is 39.2 Å². The van der Waals surface area contributed by atoms with Crippen LogP contribution in [0.1, 0.15) is 57.3 Å². The van der Waals surface area contributed by atoms with Crippen LogP contribution in [0.15, 0.2) is 75.6 Å². The third-order valence-electron chi connectivity index (χ3n) is 7.54. The van der Waals surface area contributed by atoms with E-state index in [1.807, 2.05) is 6.92 Å². The van der Waals surface area contributed by atoms with Crippen molar-refractivity contribution in [2.45, 2.75) is 60.3 Å². The van der Waals surface area contributed by atoms with Crippen molar-refractivity contribution >= 4 is 32.8 Å². The molecule has 3 heterocycles. The maximum atomic E-state index is 6.37. The summed E-state index contributed by atoms with van der Waals surface area (Å²) in [5.41, 5.74) is 8.37. The van der Waals surface area contributed by atoms with Crippen LogP contribution in [0.2, 0.25) is 0 Å². The van der Waals surface area contributed by atoms with Gasteiger partial charge in [-0.25, -0.2) is 4.98 Å². The molecule has 3 aromatic carbocycles. The van der Waals surface area contributed by atoms with Gasteiger partial charge in [0, 0.05) is 22.8 Å². The highest BCUT2D eigenvalue weighted by atomic mass is 16.3. The van der Waals surface area contributed by atoms with E-state index in [1.54, 1.807) is 0 Å². The molecule has 0 N–H and O–H groups in total. The number of nitrogens with zero attached hydrogens (tertiary/aromatic N) is 1. The summed E-state index contributed by atoms with van der Waals surface area (Å²) in [6.45, 7) is 15.4. The van der Waals surface area contributed by atoms with Crippen LogP contribution in [0.3, 0.4) is 0 Å². The molecule has 192 valence electrons. The van der Waals surface area contributed by atoms with Crippen LogP contribution in [0, 0.1) is 19.8 Å². The summed E-state index contributed by atoms with van der Waals surface area (Å²) in [5.74, 6) is 2.48. The van der Waals surface area contributed by atoms with Crippen molar-refractivity contribution in [3.05, 3.63) is 89.4 Å². The van der Waals surface area contributed by atoms with E-state index in [0.717, 1.165) is 51.3 Å². The molecule has 3 aromatic heterocycles. The van der Waals surface area contributed by atoms with E-state index >= 15 is 0 Å². The molecule has 0 fully saturated rings. The summed E-state index contributed by atoms with van der Waals surface area (Å²) in [5, 5.41) is 4.71. The van der Waals surface area contributed by atoms with Gasteiger partial charge in [0.2, 0.25) is 5.71 Å². The number of fused-ring (bicyclic) bond motifs is 3. The van der Waals surface area contributed by atoms with Crippen LogP contribution in [-0.2, 0) is 11.8 Å². The fourth-order valence-corrected chi connectivity index (χ4v) is 5.61. The average molecular weight is 502 g/mol. The summed E-state index contributed by atoms with van der Waals surface area (Å²) in [6, 6.07) is 24.0. The Morgan fingerprint density at radius 2 is 1.58 bits per heavy atom. The Labute approximate surface area is 224 Å². The molecule has 0 amide bonds. The first kappa shape index (κ1) is 24.5. The number of hydrogen-bond donors (Lipinski definition) is 0. The van der Waals surface area contributed by atoms with Gasteiger partial charge in [0.15, 0.2) is 0 Å². The number of pyridine rings is 1. The second-order valence-electron chi connectivity index (χ2n) is 12.1. The quantitative estimate of drug-likeness (QED) is 0.241. The fraction of sp³-hybridized carbons (Fsp3) is 0.286. The first-order valence-electron chi connectivity index (χ1n) is 13.6. The van der Waals surface area contributed by atoms with Crippen molar-refractivity contribution in [1.29, 1.82) is 0 Å². The van der Waals surface area contributed by atoms with Crippen molar-refractivity contribution in [2.24, 2.45) is 5.92 Å². The van der Waals surface area contributed by atoms with Crippen LogP contribution in [0.4, 0.5) is 0 Å². The number of aromatic nitrogens is 1. The Kier molecular flexibility index (Phi) is 5.72. The Balaban J connectivity index is 1.57. The summed E-state index contributed by atoms with van der Waals surface area (Å²) < 4.78 is 12.5. The number of benzene rings is 3. The molecule has 0 bridgehead atoms. The van der Waals surface area contributed by atoms with Gasteiger partial charge in [-0.15, -0.1) is 0 Å². The third kappa shape index (κ3) is 4.20. The number of furan rings is 2. The largest absolute Gasteiger partial charge is 0.461 e. The highest BCUT2D eigenvalue weighted by Gasteiger charge is 2.21. The molecule has 0 atom stereocenters. The van der Waals surface area contributed by atoms with Crippen LogP contribution in [0.5, 0.6) is 0 Å². The molecule has 0 aliphatic rings. The molecular formula is C35H35NO2. The van der Waals surface area contributed by atoms with Gasteiger partial charge in [-0.1, -0.05) is 71.0 Å². The summed E-state index contributed by atoms with van der Waals surface area (Å²) in [4.78, 5) is 5.01. The number of rotatable bonds is 4. The standard InChI is InChI=1S/C35H35NO2/c1-20(2)14-32-22(4)26-13-12-24(18-33(26)38-32)28-19-31(36-34-29(28)15-21(3)37-34)25-16-23-10-8-9-11-27(23)30(17-25)35(5,6)7/h8-13,15-20H,14H2,1-7H3. The van der Waals surface area contributed by atoms with Gasteiger partial charge < -0.3 is 8.83 Å². The van der Waals surface area contributed by atoms with Crippen molar-refractivity contribution in [2.75, 3.05) is 0 Å². The minimum absolute atomic E-state index is 0.000306. The molecule has 0 aliphatic carbocycles. The lowest BCUT2D eigenvalue weighted by Crippen LogP contribution is -2.12. The minimum Gasteiger partial charge on any atom is -0.461 e. The molecule has 0 saturated carbocycles. The molecular weight excluding hydrogens is 466 g/mol. The SMILES string of the molecule is Cc1cc2c(-c3ccc4c(C)c(CC(C)C)oc4c3)cc(-c3cc(C(C)(C)C)c4ccccc4c3)nc2o1. The summed E-state index contributed by atoms with van der Waals surface area (Å²) in [7, 11) is 0. The van der Waals surface area contributed by atoms with Gasteiger partial charge in [-0.2, -0.15) is 0 Å². The van der Waals surface area contributed by atoms with Gasteiger partial charge in [0.05, 0.1) is 5.69 Å². The van der Waals surface area contributed by atoms with E-state index in [4.69, 9.17) is 13.8 Å². The Bertz CT molecular complexity index is 1820. The molecule has 0 saturated heterocycles. The predicted molar refractivity (Wildman–Crippen MR) is 159 cm³/mol. The van der Waals surface area contributed by atoms with Crippen molar-refractivity contribution in [3.63, 3.8) is 0 Å². The van der Waals surface area contributed by atoms with E-state index in [2.05, 4.69) is 108 Å². The summed E-state index contributed by atoms with van der Waals surface area (Å²) in [6.07, 6.45) is 0.943. The Morgan fingerprint density at radius 3 is 2.34 bits per heavy atom. The maximum absolute atomic E-state index is 6.37. The number of hydrogen-bond acceptors (Lipinski definition) is 3. The van der Waals surface area contributed by atoms with E-state index in [9.17, 15) is 0 Å². The normalized spacial score (nSPS) is 12.4. The molecule has 3 nitrogen and oxygen atoms in total. The molecule has 6 aromatic rings. The summed E-state index contributed by atoms with van der Waals surface area (Å²) >= 11 is 0. The van der Waals surface area contributed by atoms with Crippen molar-refractivity contribution in [3.8, 4) is 22.4 Å². The van der Waals surface area contributed by atoms with Crippen LogP contribution >= 0.6 is 0 Å². The zero-order valence-electron chi connectivity index (χ0n) is 23.4. The molecule has 0 radical (unpaired) electrons. The van der Waals surface area contributed by atoms with Gasteiger partial charge in [-0.05, 0) is 88.5 Å². The molecule has 0 unspecified atom stereocenters. The lowest BCUT2D eigenvalue weighted by Gasteiger charge is -2.22. The van der Waals surface area contributed by atoms with Crippen LogP contribution in [-0.4, -0.2) is 4.98 Å². The van der Waals surface area contributed by atoms with Gasteiger partial charge in [0.25, 0.3) is 0 Å². The predicted octanol–water partition coefficient (Wildman–Crippen LogP) is 10.2. The third-order valence-corrected chi connectivity index (χ3v) is 7.54. The van der Waals surface area contributed by atoms with Gasteiger partial charge >= 0.3 is 0 Å². The lowest BCUT2D eigenvalue weighted by atomic mass is 9.82. The molecule has 38 heavy (non-hydrogen) atoms. The smallest absolute Gasteiger partial charge is 0.227 e. The zero-order chi connectivity index (χ0) is 26.8. The molecule has 0 spiro atoms. The maximum Gasteiger partial charge on any atom is 0.227 e. The zero-order valence-corrected chi connectivity index (χ0v) is 23.4. The second kappa shape index (κ2) is 8.87. The van der Waals surface area contributed by atoms with E-state index in [1.165, 1.54) is 27.3 Å². The monoisotopic (exact) mass is 501 g/mol. The van der Waals surface area contributed by atoms with E-state index < -0.39 is 0 Å². The van der Waals surface area contributed by atoms with E-state index in [0.29, 0.717) is 11.6 Å². The minimum atomic E-state index is -0.000306. The fourth-order valence-electron chi connectivity index (χ4n) is 5.61. The number of aryl methyl sites for hydroxylation is 2. The molecule has 6 rings (SSSR count). The first-order valence-corrected chi connectivity index (χ1v) is 13.6. The van der Waals surface area contributed by atoms with Crippen LogP contribution in [0.25, 0.3) is 55.2 Å². The molecule has 0 aliphatic heterocycles. The average Bonchev–Trinajstić information content (AvgIpc) is 3.39. The Morgan fingerprint density at radius 1 is 0.789 bits per heavy atom. The van der Waals surface area contributed by atoms with Crippen LogP contribution < -0.4 is 0 Å². The highest BCUT2D eigenvalue weighted by molar-refractivity contribution is 5.98. The van der Waals surface area contributed by atoms with E-state index in [-0.39, 0.29) is 5.41 Å². The highest BCUT2D eigenvalue weighted by Crippen LogP contribution is 2.39. The Hall–Kier alpha value is -3.85. The van der Waals surface area contributed by atoms with Crippen molar-refractivity contribution < 1.29 is 8.83 Å².